The van der Waals surface area contributed by atoms with E-state index in [4.69, 9.17) is 0 Å². The number of aryl methyl sites for hydroxylation is 2. The van der Waals surface area contributed by atoms with Crippen molar-refractivity contribution < 1.29 is 9.69 Å². The summed E-state index contributed by atoms with van der Waals surface area (Å²) in [5.74, 6) is -0.168. The Hall–Kier alpha value is -2.67. The zero-order chi connectivity index (χ0) is 21.1. The van der Waals surface area contributed by atoms with Gasteiger partial charge in [-0.05, 0) is 58.2 Å². The molecular formula is C22H32N5O2+. The molecule has 3 heterocycles. The van der Waals surface area contributed by atoms with Gasteiger partial charge in [-0.3, -0.25) is 14.0 Å². The largest absolute Gasteiger partial charge is 0.348 e. The van der Waals surface area contributed by atoms with Crippen molar-refractivity contribution in [2.45, 2.75) is 46.6 Å². The molecule has 0 unspecified atom stereocenters. The molecule has 0 aliphatic heterocycles. The van der Waals surface area contributed by atoms with E-state index in [0.717, 1.165) is 38.0 Å². The van der Waals surface area contributed by atoms with E-state index in [1.807, 2.05) is 26.0 Å². The first-order valence-corrected chi connectivity index (χ1v) is 10.5. The number of pyridine rings is 1. The molecule has 0 fully saturated rings. The average molecular weight is 399 g/mol. The van der Waals surface area contributed by atoms with Crippen molar-refractivity contribution in [1.82, 2.24) is 19.3 Å². The summed E-state index contributed by atoms with van der Waals surface area (Å²) in [6, 6.07) is 5.48. The summed E-state index contributed by atoms with van der Waals surface area (Å²) in [6.45, 7) is 11.7. The predicted molar refractivity (Wildman–Crippen MR) is 116 cm³/mol. The summed E-state index contributed by atoms with van der Waals surface area (Å²) < 4.78 is 3.25. The molecule has 3 rings (SSSR count). The van der Waals surface area contributed by atoms with Crippen LogP contribution in [0.1, 0.15) is 49.7 Å². The standard InChI is InChI=1S/C22H31N5O2/c1-6-26(7-2)12-9-11-16(4)23-21(28)18-14-17-20(25(18)5)24-19-15(3)10-8-13-27(19)22(17)29/h8,10,13-14,16H,6-7,9,11-12H2,1-5H3,(H,23,28)/p+1/t16-/m1/s1. The first-order chi connectivity index (χ1) is 13.9. The minimum Gasteiger partial charge on any atom is -0.348 e. The number of hydrogen-bond donors (Lipinski definition) is 2. The molecule has 3 aromatic rings. The van der Waals surface area contributed by atoms with Crippen LogP contribution in [-0.4, -0.2) is 45.5 Å². The Morgan fingerprint density at radius 3 is 2.69 bits per heavy atom. The van der Waals surface area contributed by atoms with Crippen molar-refractivity contribution in [1.29, 1.82) is 0 Å². The first kappa shape index (κ1) is 21.0. The molecule has 29 heavy (non-hydrogen) atoms. The Kier molecular flexibility index (Phi) is 6.37. The monoisotopic (exact) mass is 398 g/mol. The van der Waals surface area contributed by atoms with Gasteiger partial charge in [-0.2, -0.15) is 0 Å². The number of quaternary nitrogens is 1. The van der Waals surface area contributed by atoms with Gasteiger partial charge >= 0.3 is 0 Å². The van der Waals surface area contributed by atoms with Crippen LogP contribution in [0.5, 0.6) is 0 Å². The van der Waals surface area contributed by atoms with Crippen LogP contribution in [0.25, 0.3) is 16.7 Å². The maximum Gasteiger partial charge on any atom is 0.268 e. The lowest BCUT2D eigenvalue weighted by atomic mass is 10.1. The van der Waals surface area contributed by atoms with Gasteiger partial charge in [0.2, 0.25) is 0 Å². The maximum absolute atomic E-state index is 12.9. The van der Waals surface area contributed by atoms with Gasteiger partial charge in [0.15, 0.2) is 0 Å². The summed E-state index contributed by atoms with van der Waals surface area (Å²) in [5, 5.41) is 3.53. The van der Waals surface area contributed by atoms with E-state index in [1.165, 1.54) is 4.40 Å². The van der Waals surface area contributed by atoms with Crippen molar-refractivity contribution in [3.05, 3.63) is 46.0 Å². The van der Waals surface area contributed by atoms with Crippen molar-refractivity contribution >= 4 is 22.6 Å². The SMILES string of the molecule is CC[NH+](CC)CCC[C@@H](C)NC(=O)c1cc2c(=O)n3cccc(C)c3nc2n1C. The Bertz CT molecular complexity index is 1080. The van der Waals surface area contributed by atoms with Crippen LogP contribution in [0.2, 0.25) is 0 Å². The van der Waals surface area contributed by atoms with Crippen LogP contribution in [-0.2, 0) is 7.05 Å². The van der Waals surface area contributed by atoms with Crippen LogP contribution in [0.15, 0.2) is 29.2 Å². The predicted octanol–water partition coefficient (Wildman–Crippen LogP) is 1.32. The second-order valence-electron chi connectivity index (χ2n) is 7.85. The summed E-state index contributed by atoms with van der Waals surface area (Å²) in [7, 11) is 1.78. The van der Waals surface area contributed by atoms with Gasteiger partial charge in [0.05, 0.1) is 25.0 Å². The molecule has 0 spiro atoms. The zero-order valence-corrected chi connectivity index (χ0v) is 18.1. The van der Waals surface area contributed by atoms with Crippen LogP contribution >= 0.6 is 0 Å². The number of aromatic nitrogens is 3. The average Bonchev–Trinajstić information content (AvgIpc) is 3.03. The molecule has 7 heteroatoms. The maximum atomic E-state index is 12.9. The molecule has 3 aromatic heterocycles. The molecule has 0 aromatic carbocycles. The topological polar surface area (TPSA) is 72.8 Å². The summed E-state index contributed by atoms with van der Waals surface area (Å²) in [4.78, 5) is 32.0. The van der Waals surface area contributed by atoms with E-state index in [1.54, 1.807) is 28.8 Å². The molecule has 0 bridgehead atoms. The molecule has 0 saturated carbocycles. The third kappa shape index (κ3) is 4.19. The van der Waals surface area contributed by atoms with Gasteiger partial charge in [0.1, 0.15) is 17.0 Å². The van der Waals surface area contributed by atoms with Gasteiger partial charge in [-0.25, -0.2) is 4.98 Å². The molecule has 7 nitrogen and oxygen atoms in total. The number of amides is 1. The molecule has 1 atom stereocenters. The highest BCUT2D eigenvalue weighted by Gasteiger charge is 2.19. The van der Waals surface area contributed by atoms with E-state index in [2.05, 4.69) is 24.1 Å². The zero-order valence-electron chi connectivity index (χ0n) is 18.1. The van der Waals surface area contributed by atoms with Crippen molar-refractivity contribution in [3.63, 3.8) is 0 Å². The number of carbonyl (C=O) groups is 1. The Labute approximate surface area is 171 Å². The van der Waals surface area contributed by atoms with Gasteiger partial charge in [-0.1, -0.05) is 6.07 Å². The first-order valence-electron chi connectivity index (χ1n) is 10.5. The van der Waals surface area contributed by atoms with Gasteiger partial charge in [0.25, 0.3) is 11.5 Å². The van der Waals surface area contributed by atoms with E-state index in [9.17, 15) is 9.59 Å². The Morgan fingerprint density at radius 2 is 2.00 bits per heavy atom. The van der Waals surface area contributed by atoms with Crippen LogP contribution in [0.3, 0.4) is 0 Å². The number of nitrogens with zero attached hydrogens (tertiary/aromatic N) is 3. The minimum atomic E-state index is -0.168. The molecule has 0 aliphatic rings. The summed E-state index contributed by atoms with van der Waals surface area (Å²) in [5.41, 5.74) is 2.37. The third-order valence-electron chi connectivity index (χ3n) is 5.80. The number of nitrogens with one attached hydrogen (secondary N) is 2. The lowest BCUT2D eigenvalue weighted by Gasteiger charge is -2.18. The second kappa shape index (κ2) is 8.78. The minimum absolute atomic E-state index is 0.0749. The molecule has 0 radical (unpaired) electrons. The lowest BCUT2D eigenvalue weighted by Crippen LogP contribution is -3.11. The molecular weight excluding hydrogens is 366 g/mol. The fourth-order valence-corrected chi connectivity index (χ4v) is 3.88. The number of rotatable bonds is 8. The highest BCUT2D eigenvalue weighted by atomic mass is 16.2. The fourth-order valence-electron chi connectivity index (χ4n) is 3.88. The molecule has 0 saturated heterocycles. The smallest absolute Gasteiger partial charge is 0.268 e. The Morgan fingerprint density at radius 1 is 1.28 bits per heavy atom. The van der Waals surface area contributed by atoms with E-state index in [-0.39, 0.29) is 17.5 Å². The number of carbonyl (C=O) groups excluding carboxylic acids is 1. The molecule has 156 valence electrons. The van der Waals surface area contributed by atoms with Crippen molar-refractivity contribution in [2.24, 2.45) is 7.05 Å². The van der Waals surface area contributed by atoms with Gasteiger partial charge in [0, 0.05) is 19.3 Å². The molecule has 1 amide bonds. The van der Waals surface area contributed by atoms with Crippen molar-refractivity contribution in [2.75, 3.05) is 19.6 Å². The summed E-state index contributed by atoms with van der Waals surface area (Å²) in [6.07, 6.45) is 3.72. The van der Waals surface area contributed by atoms with Crippen LogP contribution in [0.4, 0.5) is 0 Å². The second-order valence-corrected chi connectivity index (χ2v) is 7.85. The highest BCUT2D eigenvalue weighted by Crippen LogP contribution is 2.16. The van der Waals surface area contributed by atoms with Crippen LogP contribution < -0.4 is 15.8 Å². The summed E-state index contributed by atoms with van der Waals surface area (Å²) >= 11 is 0. The Balaban J connectivity index is 1.81. The van der Waals surface area contributed by atoms with E-state index in [0.29, 0.717) is 22.4 Å². The van der Waals surface area contributed by atoms with Gasteiger partial charge < -0.3 is 14.8 Å². The van der Waals surface area contributed by atoms with E-state index >= 15 is 0 Å². The third-order valence-corrected chi connectivity index (χ3v) is 5.80. The number of hydrogen-bond acceptors (Lipinski definition) is 3. The number of fused-ring (bicyclic) bond motifs is 2. The quantitative estimate of drug-likeness (QED) is 0.601. The molecule has 0 aliphatic carbocycles. The van der Waals surface area contributed by atoms with Gasteiger partial charge in [-0.15, -0.1) is 0 Å². The highest BCUT2D eigenvalue weighted by molar-refractivity contribution is 5.98. The normalized spacial score (nSPS) is 12.8. The lowest BCUT2D eigenvalue weighted by molar-refractivity contribution is -0.896. The molecule has 2 N–H and O–H groups in total. The fraction of sp³-hybridized carbons (Fsp3) is 0.500. The van der Waals surface area contributed by atoms with Crippen molar-refractivity contribution in [3.8, 4) is 0 Å². The van der Waals surface area contributed by atoms with E-state index < -0.39 is 0 Å². The van der Waals surface area contributed by atoms with Crippen LogP contribution in [0, 0.1) is 6.92 Å².